The second kappa shape index (κ2) is 2.48. The van der Waals surface area contributed by atoms with Crippen molar-refractivity contribution in [1.82, 2.24) is 4.90 Å². The molecule has 0 aromatic heterocycles. The molecule has 1 amide bonds. The summed E-state index contributed by atoms with van der Waals surface area (Å²) in [5.41, 5.74) is 0. The highest BCUT2D eigenvalue weighted by Gasteiger charge is 2.50. The second-order valence-corrected chi connectivity index (χ2v) is 2.99. The molecule has 0 N–H and O–H groups in total. The van der Waals surface area contributed by atoms with E-state index in [9.17, 15) is 14.7 Å². The number of hydrogen-bond acceptors (Lipinski definition) is 4. The van der Waals surface area contributed by atoms with Crippen LogP contribution in [0.4, 0.5) is 0 Å². The summed E-state index contributed by atoms with van der Waals surface area (Å²) in [6.07, 6.45) is 1.43. The van der Waals surface area contributed by atoms with Gasteiger partial charge in [0.1, 0.15) is 11.8 Å². The molecule has 70 valence electrons. The van der Waals surface area contributed by atoms with E-state index >= 15 is 0 Å². The zero-order valence-electron chi connectivity index (χ0n) is 7.02. The Hall–Kier alpha value is -1.52. The maximum atomic E-state index is 11.0. The predicted octanol–water partition coefficient (Wildman–Crippen LogP) is -1.40. The van der Waals surface area contributed by atoms with E-state index in [2.05, 4.69) is 0 Å². The molecule has 0 bridgehead atoms. The van der Waals surface area contributed by atoms with Gasteiger partial charge in [0.15, 0.2) is 6.23 Å². The van der Waals surface area contributed by atoms with Gasteiger partial charge in [-0.3, -0.25) is 9.69 Å². The van der Waals surface area contributed by atoms with E-state index in [1.807, 2.05) is 0 Å². The van der Waals surface area contributed by atoms with Crippen molar-refractivity contribution in [2.24, 2.45) is 0 Å². The van der Waals surface area contributed by atoms with Crippen LogP contribution in [0.25, 0.3) is 0 Å². The lowest BCUT2D eigenvalue weighted by Gasteiger charge is -2.35. The van der Waals surface area contributed by atoms with Crippen LogP contribution in [0.2, 0.25) is 0 Å². The second-order valence-electron chi connectivity index (χ2n) is 2.99. The molecule has 2 saturated heterocycles. The molecule has 0 aromatic rings. The van der Waals surface area contributed by atoms with Gasteiger partial charge >= 0.3 is 0 Å². The molecule has 2 fully saturated rings. The minimum Gasteiger partial charge on any atom is -0.547 e. The minimum atomic E-state index is -1.29. The first-order chi connectivity index (χ1) is 6.15. The first-order valence-electron chi connectivity index (χ1n) is 4.00. The molecule has 2 heterocycles. The van der Waals surface area contributed by atoms with E-state index in [0.717, 1.165) is 0 Å². The number of allylic oxidation sites excluding steroid dienone is 1. The number of fused-ring (bicyclic) bond motifs is 1. The maximum absolute atomic E-state index is 11.0. The first kappa shape index (κ1) is 8.10. The van der Waals surface area contributed by atoms with Gasteiger partial charge in [-0.05, 0) is 13.0 Å². The minimum absolute atomic E-state index is 0.198. The van der Waals surface area contributed by atoms with Gasteiger partial charge in [0, 0.05) is 0 Å². The van der Waals surface area contributed by atoms with E-state index in [1.54, 1.807) is 13.0 Å². The van der Waals surface area contributed by atoms with E-state index in [0.29, 0.717) is 5.76 Å². The zero-order valence-corrected chi connectivity index (χ0v) is 7.02. The molecule has 2 aliphatic heterocycles. The molecule has 2 atom stereocenters. The summed E-state index contributed by atoms with van der Waals surface area (Å²) in [4.78, 5) is 22.9. The Morgan fingerprint density at radius 2 is 2.46 bits per heavy atom. The molecule has 2 rings (SSSR count). The Balaban J connectivity index is 2.30. The molecule has 0 spiro atoms. The quantitative estimate of drug-likeness (QED) is 0.467. The molecular weight excluding hydrogens is 174 g/mol. The lowest BCUT2D eigenvalue weighted by Crippen LogP contribution is -2.57. The van der Waals surface area contributed by atoms with Gasteiger partial charge in [-0.15, -0.1) is 0 Å². The van der Waals surface area contributed by atoms with Crippen molar-refractivity contribution in [3.63, 3.8) is 0 Å². The van der Waals surface area contributed by atoms with Crippen LogP contribution in [-0.4, -0.2) is 29.0 Å². The average molecular weight is 182 g/mol. The average Bonchev–Trinajstić information content (AvgIpc) is 2.37. The molecule has 0 unspecified atom stereocenters. The van der Waals surface area contributed by atoms with Crippen LogP contribution >= 0.6 is 0 Å². The van der Waals surface area contributed by atoms with E-state index in [-0.39, 0.29) is 18.6 Å². The fourth-order valence-electron chi connectivity index (χ4n) is 1.62. The third-order valence-corrected chi connectivity index (χ3v) is 2.28. The number of carboxylic acids is 1. The van der Waals surface area contributed by atoms with Gasteiger partial charge in [0.05, 0.1) is 12.4 Å². The number of rotatable bonds is 1. The predicted molar refractivity (Wildman–Crippen MR) is 38.9 cm³/mol. The third-order valence-electron chi connectivity index (χ3n) is 2.28. The maximum Gasteiger partial charge on any atom is 0.232 e. The smallest absolute Gasteiger partial charge is 0.232 e. The summed E-state index contributed by atoms with van der Waals surface area (Å²) in [5, 5.41) is 10.7. The topological polar surface area (TPSA) is 69.7 Å². The highest BCUT2D eigenvalue weighted by molar-refractivity contribution is 5.90. The van der Waals surface area contributed by atoms with Crippen molar-refractivity contribution in [3.05, 3.63) is 11.8 Å². The summed E-state index contributed by atoms with van der Waals surface area (Å²) in [6.45, 7) is 1.67. The number of hydrogen-bond donors (Lipinski definition) is 0. The number of aliphatic carboxylic acids is 1. The summed E-state index contributed by atoms with van der Waals surface area (Å²) < 4.78 is 5.20. The Bertz CT molecular complexity index is 309. The van der Waals surface area contributed by atoms with Crippen LogP contribution in [0.3, 0.4) is 0 Å². The number of nitrogens with zero attached hydrogens (tertiary/aromatic N) is 1. The molecule has 5 heteroatoms. The molecule has 2 aliphatic rings. The van der Waals surface area contributed by atoms with E-state index in [4.69, 9.17) is 4.74 Å². The zero-order chi connectivity index (χ0) is 9.59. The fraction of sp³-hybridized carbons (Fsp3) is 0.500. The van der Waals surface area contributed by atoms with Crippen molar-refractivity contribution in [2.45, 2.75) is 25.6 Å². The van der Waals surface area contributed by atoms with Gasteiger partial charge < -0.3 is 14.6 Å². The van der Waals surface area contributed by atoms with Crippen LogP contribution in [-0.2, 0) is 14.3 Å². The number of carbonyl (C=O) groups is 2. The number of carboxylic acid groups (broad SMARTS) is 1. The standard InChI is InChI=1S/C8H9NO4/c1-2-4-7(8(11)12)9-5(10)3-6(9)13-4/h2,6-7H,3H2,1H3,(H,11,12)/p-1/b4-2-/t6-,7-/m1/s1. The van der Waals surface area contributed by atoms with Crippen LogP contribution < -0.4 is 5.11 Å². The van der Waals surface area contributed by atoms with Crippen LogP contribution in [0.1, 0.15) is 13.3 Å². The highest BCUT2D eigenvalue weighted by atomic mass is 16.5. The van der Waals surface area contributed by atoms with Gasteiger partial charge in [0.2, 0.25) is 5.91 Å². The Kier molecular flexibility index (Phi) is 1.55. The van der Waals surface area contributed by atoms with Crippen LogP contribution in [0.15, 0.2) is 11.8 Å². The molecule has 0 aromatic carbocycles. The van der Waals surface area contributed by atoms with Crippen molar-refractivity contribution >= 4 is 11.9 Å². The molecular formula is C8H8NO4-. The van der Waals surface area contributed by atoms with E-state index < -0.39 is 12.0 Å². The van der Waals surface area contributed by atoms with Gasteiger partial charge in [-0.1, -0.05) is 0 Å². The lowest BCUT2D eigenvalue weighted by molar-refractivity contribution is -0.310. The summed E-state index contributed by atoms with van der Waals surface area (Å²) >= 11 is 0. The number of amides is 1. The Morgan fingerprint density at radius 1 is 1.77 bits per heavy atom. The SMILES string of the molecule is C/C=C1\O[C@@H]2CC(=O)N2[C@H]1C(=O)[O-]. The highest BCUT2D eigenvalue weighted by Crippen LogP contribution is 2.35. The van der Waals surface area contributed by atoms with Crippen molar-refractivity contribution in [1.29, 1.82) is 0 Å². The number of ether oxygens (including phenoxy) is 1. The molecule has 13 heavy (non-hydrogen) atoms. The van der Waals surface area contributed by atoms with Crippen LogP contribution in [0.5, 0.6) is 0 Å². The largest absolute Gasteiger partial charge is 0.547 e. The molecule has 0 saturated carbocycles. The fourth-order valence-corrected chi connectivity index (χ4v) is 1.62. The van der Waals surface area contributed by atoms with Gasteiger partial charge in [-0.25, -0.2) is 0 Å². The summed E-state index contributed by atoms with van der Waals surface area (Å²) in [5.74, 6) is -1.18. The van der Waals surface area contributed by atoms with Crippen molar-refractivity contribution < 1.29 is 19.4 Å². The molecule has 0 aliphatic carbocycles. The number of carbonyl (C=O) groups excluding carboxylic acids is 2. The van der Waals surface area contributed by atoms with Gasteiger partial charge in [-0.2, -0.15) is 0 Å². The monoisotopic (exact) mass is 182 g/mol. The molecule has 0 radical (unpaired) electrons. The lowest BCUT2D eigenvalue weighted by atomic mass is 10.1. The van der Waals surface area contributed by atoms with Crippen LogP contribution in [0, 0.1) is 0 Å². The Labute approximate surface area is 74.6 Å². The van der Waals surface area contributed by atoms with E-state index in [1.165, 1.54) is 4.90 Å². The van der Waals surface area contributed by atoms with Gasteiger partial charge in [0.25, 0.3) is 0 Å². The number of β-lactam (4-membered cyclic amide) rings is 1. The normalized spacial score (nSPS) is 34.1. The Morgan fingerprint density at radius 3 is 2.92 bits per heavy atom. The summed E-state index contributed by atoms with van der Waals surface area (Å²) in [7, 11) is 0. The third kappa shape index (κ3) is 0.929. The molecule has 5 nitrogen and oxygen atoms in total. The van der Waals surface area contributed by atoms with Crippen molar-refractivity contribution in [3.8, 4) is 0 Å². The summed E-state index contributed by atoms with van der Waals surface area (Å²) in [6, 6.07) is -1.02. The van der Waals surface area contributed by atoms with Crippen molar-refractivity contribution in [2.75, 3.05) is 0 Å². The first-order valence-corrected chi connectivity index (χ1v) is 4.00.